The molecule has 3 heteroatoms. The summed E-state index contributed by atoms with van der Waals surface area (Å²) in [6.07, 6.45) is 5.71. The van der Waals surface area contributed by atoms with Crippen LogP contribution in [0.15, 0.2) is 107 Å². The number of hydrogen-bond donors (Lipinski definition) is 0. The molecule has 0 saturated carbocycles. The average molecular weight is 455 g/mol. The quantitative estimate of drug-likeness (QED) is 0.227. The molecule has 1 aliphatic carbocycles. The number of nitrogens with zero attached hydrogens (tertiary/aromatic N) is 2. The molecule has 3 aliphatic rings. The van der Waals surface area contributed by atoms with Gasteiger partial charge in [-0.3, -0.25) is 0 Å². The van der Waals surface area contributed by atoms with E-state index in [0.717, 1.165) is 6.42 Å². The molecule has 2 nitrogen and oxygen atoms in total. The van der Waals surface area contributed by atoms with Gasteiger partial charge in [0.1, 0.15) is 0 Å². The van der Waals surface area contributed by atoms with Crippen LogP contribution in [0.3, 0.4) is 0 Å². The lowest BCUT2D eigenvalue weighted by Crippen LogP contribution is -2.23. The van der Waals surface area contributed by atoms with Crippen LogP contribution in [-0.2, 0) is 0 Å². The number of fused-ring (bicyclic) bond motifs is 6. The van der Waals surface area contributed by atoms with Crippen molar-refractivity contribution in [1.29, 1.82) is 0 Å². The van der Waals surface area contributed by atoms with Gasteiger partial charge in [0.25, 0.3) is 0 Å². The topological polar surface area (TPSA) is 8.17 Å². The summed E-state index contributed by atoms with van der Waals surface area (Å²) in [6.45, 7) is 2.23. The summed E-state index contributed by atoms with van der Waals surface area (Å²) in [7, 11) is -0.111. The monoisotopic (exact) mass is 454 g/mol. The molecule has 3 heterocycles. The molecule has 4 aromatic carbocycles. The van der Waals surface area contributed by atoms with Crippen LogP contribution in [0.25, 0.3) is 22.7 Å². The van der Waals surface area contributed by atoms with Crippen LogP contribution in [0.2, 0.25) is 0 Å². The highest BCUT2D eigenvalue weighted by Crippen LogP contribution is 2.61. The fraction of sp³-hybridized carbons (Fsp3) is 0.0645. The number of aromatic nitrogens is 1. The molecule has 0 amide bonds. The zero-order valence-corrected chi connectivity index (χ0v) is 19.6. The summed E-state index contributed by atoms with van der Waals surface area (Å²) in [5.74, 6) is 0. The Bertz CT molecular complexity index is 1740. The molecule has 162 valence electrons. The van der Waals surface area contributed by atoms with Crippen LogP contribution in [0, 0.1) is 6.92 Å². The second-order valence-corrected chi connectivity index (χ2v) is 11.2. The predicted molar refractivity (Wildman–Crippen MR) is 145 cm³/mol. The first-order valence-corrected chi connectivity index (χ1v) is 13.0. The standard InChI is InChI=1S/C31H22N2S/c1-20-18-26-31-27(19-20)33-24-14-6-5-12-22(24)23-13-9-17-29(30(23)33)34(31)28-16-8-7-15-25(28)32(26)21-10-3-2-4-11-21/h2-16,18-19H,17H2,1H3. The zero-order chi connectivity index (χ0) is 22.4. The summed E-state index contributed by atoms with van der Waals surface area (Å²) < 4.78 is 2.55. The Morgan fingerprint density at radius 1 is 0.765 bits per heavy atom. The number of para-hydroxylation sites is 3. The minimum atomic E-state index is -0.111. The molecule has 8 rings (SSSR count). The van der Waals surface area contributed by atoms with Gasteiger partial charge >= 0.3 is 0 Å². The number of aryl methyl sites for hydroxylation is 1. The highest BCUT2D eigenvalue weighted by atomic mass is 32.2. The van der Waals surface area contributed by atoms with E-state index < -0.39 is 0 Å². The van der Waals surface area contributed by atoms with E-state index in [-0.39, 0.29) is 10.5 Å². The van der Waals surface area contributed by atoms with Crippen molar-refractivity contribution in [3.05, 3.63) is 114 Å². The lowest BCUT2D eigenvalue weighted by Gasteiger charge is -2.40. The van der Waals surface area contributed by atoms with Gasteiger partial charge < -0.3 is 9.47 Å². The Morgan fingerprint density at radius 3 is 2.44 bits per heavy atom. The van der Waals surface area contributed by atoms with Crippen molar-refractivity contribution in [2.24, 2.45) is 0 Å². The van der Waals surface area contributed by atoms with E-state index in [9.17, 15) is 0 Å². The molecule has 0 bridgehead atoms. The maximum absolute atomic E-state index is 2.55. The van der Waals surface area contributed by atoms with E-state index in [1.54, 1.807) is 4.86 Å². The van der Waals surface area contributed by atoms with Gasteiger partial charge in [-0.05, 0) is 61.4 Å². The van der Waals surface area contributed by atoms with Crippen molar-refractivity contribution in [3.8, 4) is 5.69 Å². The molecule has 0 saturated heterocycles. The molecule has 1 aromatic heterocycles. The summed E-state index contributed by atoms with van der Waals surface area (Å²) in [4.78, 5) is 6.91. The van der Waals surface area contributed by atoms with Crippen molar-refractivity contribution in [3.63, 3.8) is 0 Å². The van der Waals surface area contributed by atoms with Gasteiger partial charge in [-0.25, -0.2) is 0 Å². The van der Waals surface area contributed by atoms with Crippen molar-refractivity contribution in [1.82, 2.24) is 4.57 Å². The van der Waals surface area contributed by atoms with Gasteiger partial charge in [0, 0.05) is 26.4 Å². The van der Waals surface area contributed by atoms with Crippen LogP contribution in [0.4, 0.5) is 17.1 Å². The number of anilines is 3. The molecule has 5 aromatic rings. The third-order valence-electron chi connectivity index (χ3n) is 7.23. The summed E-state index contributed by atoms with van der Waals surface area (Å²) in [5.41, 5.74) is 10.6. The van der Waals surface area contributed by atoms with E-state index in [2.05, 4.69) is 120 Å². The van der Waals surface area contributed by atoms with Crippen molar-refractivity contribution >= 4 is 49.4 Å². The minimum absolute atomic E-state index is 0.111. The lowest BCUT2D eigenvalue weighted by atomic mass is 10.0. The largest absolute Gasteiger partial charge is 0.308 e. The van der Waals surface area contributed by atoms with Gasteiger partial charge in [0.05, 0.1) is 33.2 Å². The molecular formula is C31H22N2S. The lowest BCUT2D eigenvalue weighted by molar-refractivity contribution is 1.02. The Hall–Kier alpha value is -3.82. The molecule has 1 atom stereocenters. The molecule has 0 radical (unpaired) electrons. The van der Waals surface area contributed by atoms with Gasteiger partial charge in [0.15, 0.2) is 0 Å². The first-order chi connectivity index (χ1) is 16.8. The van der Waals surface area contributed by atoms with Gasteiger partial charge in [-0.2, -0.15) is 0 Å². The Balaban J connectivity index is 1.60. The van der Waals surface area contributed by atoms with Crippen LogP contribution in [0.1, 0.15) is 23.2 Å². The van der Waals surface area contributed by atoms with Crippen molar-refractivity contribution in [2.45, 2.75) is 23.1 Å². The van der Waals surface area contributed by atoms with Crippen LogP contribution < -0.4 is 4.90 Å². The predicted octanol–water partition coefficient (Wildman–Crippen LogP) is 8.36. The van der Waals surface area contributed by atoms with E-state index >= 15 is 0 Å². The van der Waals surface area contributed by atoms with E-state index in [1.165, 1.54) is 60.3 Å². The molecular weight excluding hydrogens is 432 g/mol. The minimum Gasteiger partial charge on any atom is -0.308 e. The van der Waals surface area contributed by atoms with Gasteiger partial charge in [0.2, 0.25) is 0 Å². The highest BCUT2D eigenvalue weighted by molar-refractivity contribution is 8.16. The molecule has 34 heavy (non-hydrogen) atoms. The summed E-state index contributed by atoms with van der Waals surface area (Å²) in [5, 5.41) is 1.35. The van der Waals surface area contributed by atoms with E-state index in [0.29, 0.717) is 0 Å². The smallest absolute Gasteiger partial charge is 0.0638 e. The Labute approximate surface area is 201 Å². The fourth-order valence-corrected chi connectivity index (χ4v) is 8.65. The molecule has 1 unspecified atom stereocenters. The Kier molecular flexibility index (Phi) is 3.62. The van der Waals surface area contributed by atoms with Gasteiger partial charge in [-0.15, -0.1) is 10.5 Å². The van der Waals surface area contributed by atoms with E-state index in [1.807, 2.05) is 0 Å². The highest BCUT2D eigenvalue weighted by Gasteiger charge is 2.37. The molecule has 2 aliphatic heterocycles. The first-order valence-electron chi connectivity index (χ1n) is 11.8. The van der Waals surface area contributed by atoms with Crippen LogP contribution in [0.5, 0.6) is 0 Å². The maximum atomic E-state index is 2.55. The average Bonchev–Trinajstić information content (AvgIpc) is 3.22. The Morgan fingerprint density at radius 2 is 1.53 bits per heavy atom. The van der Waals surface area contributed by atoms with Crippen LogP contribution in [-0.4, -0.2) is 9.43 Å². The second kappa shape index (κ2) is 6.62. The number of allylic oxidation sites excluding steroid dienone is 1. The zero-order valence-electron chi connectivity index (χ0n) is 18.8. The van der Waals surface area contributed by atoms with Crippen molar-refractivity contribution < 1.29 is 0 Å². The molecule has 0 N–H and O–H groups in total. The normalized spacial score (nSPS) is 16.9. The van der Waals surface area contributed by atoms with E-state index in [4.69, 9.17) is 0 Å². The summed E-state index contributed by atoms with van der Waals surface area (Å²) >= 11 is 0. The first kappa shape index (κ1) is 18.6. The molecule has 0 fully saturated rings. The third kappa shape index (κ3) is 2.25. The third-order valence-corrected chi connectivity index (χ3v) is 9.70. The number of rotatable bonds is 1. The fourth-order valence-electron chi connectivity index (χ4n) is 5.96. The van der Waals surface area contributed by atoms with Crippen LogP contribution >= 0.6 is 10.5 Å². The van der Waals surface area contributed by atoms with Crippen molar-refractivity contribution in [2.75, 3.05) is 4.90 Å². The second-order valence-electron chi connectivity index (χ2n) is 9.22. The number of benzene rings is 4. The van der Waals surface area contributed by atoms with Gasteiger partial charge in [-0.1, -0.05) is 60.7 Å². The SMILES string of the molecule is Cc1cc2c3c(c1)-n1c4c(c5ccccc51)C=CCC4=S3c1ccccc1N2c1ccccc1. The summed E-state index contributed by atoms with van der Waals surface area (Å²) in [6, 6.07) is 33.5. The number of hydrogen-bond acceptors (Lipinski definition) is 1. The molecule has 0 spiro atoms. The maximum Gasteiger partial charge on any atom is 0.0638 e.